The van der Waals surface area contributed by atoms with Crippen LogP contribution < -0.4 is 0 Å². The zero-order valence-electron chi connectivity index (χ0n) is 6.10. The first-order chi connectivity index (χ1) is 6.07. The highest BCUT2D eigenvalue weighted by molar-refractivity contribution is 6.29. The molecular weight excluding hydrogens is 207 g/mol. The van der Waals surface area contributed by atoms with E-state index >= 15 is 0 Å². The highest BCUT2D eigenvalue weighted by atomic mass is 35.5. The molecule has 1 rings (SSSR count). The largest absolute Gasteiger partial charge is 0.298 e. The molecule has 70 valence electrons. The molecule has 0 saturated heterocycles. The summed E-state index contributed by atoms with van der Waals surface area (Å²) in [5, 5.41) is -0.666. The highest BCUT2D eigenvalue weighted by Crippen LogP contribution is 2.27. The van der Waals surface area contributed by atoms with E-state index < -0.39 is 28.5 Å². The lowest BCUT2D eigenvalue weighted by atomic mass is 10.1. The Bertz CT molecular complexity index is 343. The van der Waals surface area contributed by atoms with Crippen LogP contribution in [0.4, 0.5) is 13.2 Å². The number of halogens is 4. The summed E-state index contributed by atoms with van der Waals surface area (Å²) >= 11 is 5.15. The second-order valence-corrected chi connectivity index (χ2v) is 2.51. The molecule has 0 aliphatic carbocycles. The normalized spacial score (nSPS) is 10.5. The van der Waals surface area contributed by atoms with E-state index in [0.717, 1.165) is 6.20 Å². The molecular formula is C7H3ClF3NO. The van der Waals surface area contributed by atoms with Gasteiger partial charge < -0.3 is 0 Å². The second kappa shape index (κ2) is 3.74. The van der Waals surface area contributed by atoms with Crippen LogP contribution in [-0.4, -0.2) is 11.3 Å². The van der Waals surface area contributed by atoms with Gasteiger partial charge in [-0.3, -0.25) is 4.79 Å². The van der Waals surface area contributed by atoms with Crippen molar-refractivity contribution in [2.24, 2.45) is 0 Å². The van der Waals surface area contributed by atoms with Crippen molar-refractivity contribution in [3.8, 4) is 0 Å². The van der Waals surface area contributed by atoms with E-state index in [4.69, 9.17) is 11.6 Å². The molecule has 0 atom stereocenters. The van der Waals surface area contributed by atoms with Crippen molar-refractivity contribution >= 4 is 17.9 Å². The molecule has 0 aromatic carbocycles. The van der Waals surface area contributed by atoms with Gasteiger partial charge in [-0.25, -0.2) is 18.2 Å². The number of carbonyl (C=O) groups excluding carboxylic acids is 1. The van der Waals surface area contributed by atoms with E-state index in [9.17, 15) is 18.0 Å². The van der Waals surface area contributed by atoms with Gasteiger partial charge in [-0.15, -0.1) is 0 Å². The van der Waals surface area contributed by atoms with Gasteiger partial charge in [0.05, 0.1) is 5.56 Å². The minimum absolute atomic E-state index is 0.105. The summed E-state index contributed by atoms with van der Waals surface area (Å²) in [6.07, 6.45) is -2.17. The van der Waals surface area contributed by atoms with Gasteiger partial charge in [0.2, 0.25) is 0 Å². The van der Waals surface area contributed by atoms with E-state index in [1.807, 2.05) is 0 Å². The fourth-order valence-electron chi connectivity index (χ4n) is 0.806. The first kappa shape index (κ1) is 9.98. The Morgan fingerprint density at radius 1 is 1.54 bits per heavy atom. The van der Waals surface area contributed by atoms with Crippen LogP contribution in [-0.2, 0) is 0 Å². The monoisotopic (exact) mass is 209 g/mol. The summed E-state index contributed by atoms with van der Waals surface area (Å²) in [5.41, 5.74) is -1.49. The van der Waals surface area contributed by atoms with Gasteiger partial charge in [-0.2, -0.15) is 0 Å². The maximum atomic E-state index is 12.9. The van der Waals surface area contributed by atoms with E-state index in [-0.39, 0.29) is 6.29 Å². The maximum absolute atomic E-state index is 12.9. The topological polar surface area (TPSA) is 30.0 Å². The lowest BCUT2D eigenvalue weighted by Gasteiger charge is -2.04. The molecule has 0 bridgehead atoms. The average Bonchev–Trinajstić information content (AvgIpc) is 2.08. The first-order valence-corrected chi connectivity index (χ1v) is 3.53. The molecule has 1 aromatic rings. The summed E-state index contributed by atoms with van der Waals surface area (Å²) in [5.74, 6) is -1.35. The van der Waals surface area contributed by atoms with Crippen molar-refractivity contribution in [1.82, 2.24) is 4.98 Å². The summed E-state index contributed by atoms with van der Waals surface area (Å²) < 4.78 is 37.2. The van der Waals surface area contributed by atoms with Crippen molar-refractivity contribution in [2.75, 3.05) is 0 Å². The van der Waals surface area contributed by atoms with E-state index in [0.29, 0.717) is 0 Å². The summed E-state index contributed by atoms with van der Waals surface area (Å²) in [4.78, 5) is 13.4. The zero-order valence-corrected chi connectivity index (χ0v) is 6.86. The predicted octanol–water partition coefficient (Wildman–Crippen LogP) is 2.62. The molecule has 13 heavy (non-hydrogen) atoms. The average molecular weight is 210 g/mol. The molecule has 2 nitrogen and oxygen atoms in total. The fourth-order valence-corrected chi connectivity index (χ4v) is 0.957. The highest BCUT2D eigenvalue weighted by Gasteiger charge is 2.21. The molecule has 0 saturated carbocycles. The van der Waals surface area contributed by atoms with Crippen LogP contribution in [0.2, 0.25) is 5.15 Å². The number of hydrogen-bond donors (Lipinski definition) is 0. The molecule has 1 heterocycles. The number of aromatic nitrogens is 1. The third-order valence-corrected chi connectivity index (χ3v) is 1.65. The zero-order chi connectivity index (χ0) is 10.0. The Hall–Kier alpha value is -1.10. The van der Waals surface area contributed by atoms with Gasteiger partial charge in [0.1, 0.15) is 0 Å². The smallest absolute Gasteiger partial charge is 0.267 e. The van der Waals surface area contributed by atoms with Crippen LogP contribution in [0.5, 0.6) is 0 Å². The van der Waals surface area contributed by atoms with Gasteiger partial charge in [-0.1, -0.05) is 11.6 Å². The summed E-state index contributed by atoms with van der Waals surface area (Å²) in [6.45, 7) is 0. The Morgan fingerprint density at radius 2 is 2.15 bits per heavy atom. The molecule has 1 aromatic heterocycles. The van der Waals surface area contributed by atoms with Crippen LogP contribution in [0.25, 0.3) is 0 Å². The van der Waals surface area contributed by atoms with Gasteiger partial charge in [0.15, 0.2) is 17.3 Å². The van der Waals surface area contributed by atoms with Crippen molar-refractivity contribution < 1.29 is 18.0 Å². The number of nitrogens with zero attached hydrogens (tertiary/aromatic N) is 1. The van der Waals surface area contributed by atoms with Crippen molar-refractivity contribution in [3.63, 3.8) is 0 Å². The van der Waals surface area contributed by atoms with Crippen LogP contribution >= 0.6 is 11.6 Å². The van der Waals surface area contributed by atoms with Gasteiger partial charge in [0, 0.05) is 11.8 Å². The van der Waals surface area contributed by atoms with E-state index in [1.54, 1.807) is 0 Å². The Kier molecular flexibility index (Phi) is 2.87. The standard InChI is InChI=1S/C7H3ClF3NO/c8-6-5(9)4(7(10)11)3(2-13)1-12-6/h1-2,7H. The van der Waals surface area contributed by atoms with Crippen LogP contribution in [0.1, 0.15) is 22.3 Å². The Balaban J connectivity index is 3.41. The summed E-state index contributed by atoms with van der Waals surface area (Å²) in [6, 6.07) is 0. The second-order valence-electron chi connectivity index (χ2n) is 2.15. The molecule has 0 spiro atoms. The Morgan fingerprint density at radius 3 is 2.62 bits per heavy atom. The van der Waals surface area contributed by atoms with Gasteiger partial charge in [-0.05, 0) is 0 Å². The first-order valence-electron chi connectivity index (χ1n) is 3.15. The predicted molar refractivity (Wildman–Crippen MR) is 39.5 cm³/mol. The maximum Gasteiger partial charge on any atom is 0.267 e. The van der Waals surface area contributed by atoms with Crippen molar-refractivity contribution in [2.45, 2.75) is 6.43 Å². The quantitative estimate of drug-likeness (QED) is 0.554. The minimum atomic E-state index is -3.08. The van der Waals surface area contributed by atoms with E-state index in [1.165, 1.54) is 0 Å². The van der Waals surface area contributed by atoms with E-state index in [2.05, 4.69) is 4.98 Å². The van der Waals surface area contributed by atoms with Gasteiger partial charge >= 0.3 is 0 Å². The van der Waals surface area contributed by atoms with Crippen LogP contribution in [0.3, 0.4) is 0 Å². The number of alkyl halides is 2. The third kappa shape index (κ3) is 1.80. The molecule has 6 heteroatoms. The summed E-state index contributed by atoms with van der Waals surface area (Å²) in [7, 11) is 0. The molecule has 0 aliphatic heterocycles. The molecule has 0 fully saturated rings. The van der Waals surface area contributed by atoms with Crippen LogP contribution in [0.15, 0.2) is 6.20 Å². The Labute approximate surface area is 76.3 Å². The fraction of sp³-hybridized carbons (Fsp3) is 0.143. The van der Waals surface area contributed by atoms with Crippen LogP contribution in [0, 0.1) is 5.82 Å². The molecule has 0 N–H and O–H groups in total. The van der Waals surface area contributed by atoms with Crippen molar-refractivity contribution in [3.05, 3.63) is 28.3 Å². The molecule has 0 unspecified atom stereocenters. The minimum Gasteiger partial charge on any atom is -0.298 e. The number of carbonyl (C=O) groups is 1. The number of hydrogen-bond acceptors (Lipinski definition) is 2. The SMILES string of the molecule is O=Cc1cnc(Cl)c(F)c1C(F)F. The third-order valence-electron chi connectivity index (χ3n) is 1.39. The molecule has 0 amide bonds. The lowest BCUT2D eigenvalue weighted by molar-refractivity contribution is 0.110. The lowest BCUT2D eigenvalue weighted by Crippen LogP contribution is -2.00. The number of aldehydes is 1. The number of rotatable bonds is 2. The molecule has 0 aliphatic rings. The number of pyridine rings is 1. The molecule has 0 radical (unpaired) electrons. The van der Waals surface area contributed by atoms with Crippen molar-refractivity contribution in [1.29, 1.82) is 0 Å². The van der Waals surface area contributed by atoms with Gasteiger partial charge in [0.25, 0.3) is 6.43 Å².